The minimum absolute atomic E-state index is 0.331. The van der Waals surface area contributed by atoms with Gasteiger partial charge in [-0.3, -0.25) is 0 Å². The molecule has 0 spiro atoms. The van der Waals surface area contributed by atoms with E-state index in [0.717, 1.165) is 23.4 Å². The molecule has 2 heteroatoms. The lowest BCUT2D eigenvalue weighted by Crippen LogP contribution is -2.01. The van der Waals surface area contributed by atoms with Crippen LogP contribution in [0.5, 0.6) is 0 Å². The van der Waals surface area contributed by atoms with Crippen LogP contribution in [0.1, 0.15) is 44.6 Å². The third-order valence-electron chi connectivity index (χ3n) is 2.73. The van der Waals surface area contributed by atoms with Gasteiger partial charge in [-0.05, 0) is 24.1 Å². The van der Waals surface area contributed by atoms with Gasteiger partial charge in [0.1, 0.15) is 0 Å². The van der Waals surface area contributed by atoms with Crippen molar-refractivity contribution in [1.29, 1.82) is 0 Å². The molecule has 17 heavy (non-hydrogen) atoms. The number of aliphatic hydroxyl groups is 1. The van der Waals surface area contributed by atoms with E-state index >= 15 is 0 Å². The van der Waals surface area contributed by atoms with Gasteiger partial charge in [-0.2, -0.15) is 0 Å². The third-order valence-corrected chi connectivity index (χ3v) is 2.99. The van der Waals surface area contributed by atoms with Crippen LogP contribution < -0.4 is 0 Å². The van der Waals surface area contributed by atoms with Crippen LogP contribution >= 0.6 is 11.6 Å². The fraction of sp³-hybridized carbons (Fsp3) is 0.467. The van der Waals surface area contributed by atoms with Gasteiger partial charge in [0.25, 0.3) is 0 Å². The van der Waals surface area contributed by atoms with E-state index in [0.29, 0.717) is 0 Å². The summed E-state index contributed by atoms with van der Waals surface area (Å²) in [5.41, 5.74) is 1.07. The highest BCUT2D eigenvalue weighted by atomic mass is 35.5. The number of hydrogen-bond donors (Lipinski definition) is 1. The molecule has 0 aliphatic carbocycles. The maximum Gasteiger partial charge on any atom is 0.0724 e. The van der Waals surface area contributed by atoms with E-state index in [1.54, 1.807) is 0 Å². The second kappa shape index (κ2) is 8.32. The summed E-state index contributed by atoms with van der Waals surface area (Å²) in [6.07, 6.45) is 9.12. The Kier molecular flexibility index (Phi) is 6.99. The third kappa shape index (κ3) is 6.50. The fourth-order valence-electron chi connectivity index (χ4n) is 1.67. The zero-order valence-electron chi connectivity index (χ0n) is 10.4. The van der Waals surface area contributed by atoms with E-state index < -0.39 is 0 Å². The summed E-state index contributed by atoms with van der Waals surface area (Å²) >= 11 is 5.80. The quantitative estimate of drug-likeness (QED) is 0.699. The van der Waals surface area contributed by atoms with E-state index in [1.165, 1.54) is 19.3 Å². The van der Waals surface area contributed by atoms with E-state index in [4.69, 9.17) is 11.6 Å². The van der Waals surface area contributed by atoms with Gasteiger partial charge < -0.3 is 5.11 Å². The lowest BCUT2D eigenvalue weighted by molar-refractivity contribution is 0.209. The monoisotopic (exact) mass is 252 g/mol. The average molecular weight is 253 g/mol. The second-order valence-corrected chi connectivity index (χ2v) is 4.76. The van der Waals surface area contributed by atoms with E-state index in [1.807, 2.05) is 36.4 Å². The molecular formula is C15H21ClO. The topological polar surface area (TPSA) is 20.2 Å². The van der Waals surface area contributed by atoms with Crippen LogP contribution in [0, 0.1) is 0 Å². The zero-order chi connectivity index (χ0) is 12.5. The first kappa shape index (κ1) is 14.3. The van der Waals surface area contributed by atoms with Crippen LogP contribution in [-0.2, 0) is 0 Å². The number of rotatable bonds is 7. The highest BCUT2D eigenvalue weighted by Gasteiger charge is 1.98. The molecule has 1 nitrogen and oxygen atoms in total. The smallest absolute Gasteiger partial charge is 0.0724 e. The summed E-state index contributed by atoms with van der Waals surface area (Å²) in [7, 11) is 0. The summed E-state index contributed by atoms with van der Waals surface area (Å²) in [4.78, 5) is 0. The van der Waals surface area contributed by atoms with Gasteiger partial charge in [-0.1, -0.05) is 68.5 Å². The van der Waals surface area contributed by atoms with Crippen LogP contribution in [0.25, 0.3) is 6.08 Å². The Labute approximate surface area is 109 Å². The van der Waals surface area contributed by atoms with Gasteiger partial charge in [0, 0.05) is 5.02 Å². The maximum atomic E-state index is 9.75. The first-order chi connectivity index (χ1) is 8.22. The maximum absolute atomic E-state index is 9.75. The van der Waals surface area contributed by atoms with Crippen LogP contribution in [-0.4, -0.2) is 11.2 Å². The number of unbranched alkanes of at least 4 members (excludes halogenated alkanes) is 3. The van der Waals surface area contributed by atoms with Crippen molar-refractivity contribution >= 4 is 17.7 Å². The Balaban J connectivity index is 2.29. The molecule has 1 rings (SSSR count). The summed E-state index contributed by atoms with van der Waals surface area (Å²) in [6.45, 7) is 2.19. The first-order valence-electron chi connectivity index (χ1n) is 6.34. The van der Waals surface area contributed by atoms with Crippen molar-refractivity contribution in [1.82, 2.24) is 0 Å². The Morgan fingerprint density at radius 1 is 1.18 bits per heavy atom. The zero-order valence-corrected chi connectivity index (χ0v) is 11.2. The second-order valence-electron chi connectivity index (χ2n) is 4.33. The molecule has 1 N–H and O–H groups in total. The SMILES string of the molecule is CCCCCCC(O)/C=C/c1ccc(Cl)cc1. The average Bonchev–Trinajstić information content (AvgIpc) is 2.34. The molecule has 0 heterocycles. The fourth-order valence-corrected chi connectivity index (χ4v) is 1.80. The number of hydrogen-bond acceptors (Lipinski definition) is 1. The Hall–Kier alpha value is -0.790. The van der Waals surface area contributed by atoms with Gasteiger partial charge >= 0.3 is 0 Å². The molecule has 1 aromatic carbocycles. The van der Waals surface area contributed by atoms with Crippen molar-refractivity contribution in [2.24, 2.45) is 0 Å². The van der Waals surface area contributed by atoms with Gasteiger partial charge in [0.2, 0.25) is 0 Å². The number of halogens is 1. The molecule has 0 aliphatic rings. The summed E-state index contributed by atoms with van der Waals surface area (Å²) in [5, 5.41) is 10.5. The molecule has 0 bridgehead atoms. The summed E-state index contributed by atoms with van der Waals surface area (Å²) in [5.74, 6) is 0. The first-order valence-corrected chi connectivity index (χ1v) is 6.72. The molecule has 94 valence electrons. The molecule has 1 aromatic rings. The van der Waals surface area contributed by atoms with Gasteiger partial charge in [-0.15, -0.1) is 0 Å². The molecule has 1 atom stereocenters. The van der Waals surface area contributed by atoms with Crippen LogP contribution in [0.2, 0.25) is 5.02 Å². The Morgan fingerprint density at radius 2 is 1.88 bits per heavy atom. The van der Waals surface area contributed by atoms with Crippen LogP contribution in [0.15, 0.2) is 30.3 Å². The normalized spacial score (nSPS) is 13.1. The van der Waals surface area contributed by atoms with Crippen molar-refractivity contribution in [2.45, 2.75) is 45.1 Å². The van der Waals surface area contributed by atoms with Crippen molar-refractivity contribution in [3.8, 4) is 0 Å². The minimum Gasteiger partial charge on any atom is -0.389 e. The van der Waals surface area contributed by atoms with E-state index in [9.17, 15) is 5.11 Å². The lowest BCUT2D eigenvalue weighted by atomic mass is 10.1. The van der Waals surface area contributed by atoms with Crippen LogP contribution in [0.3, 0.4) is 0 Å². The molecule has 0 saturated heterocycles. The molecule has 0 amide bonds. The van der Waals surface area contributed by atoms with Gasteiger partial charge in [0.05, 0.1) is 6.10 Å². The standard InChI is InChI=1S/C15H21ClO/c1-2-3-4-5-6-15(17)12-9-13-7-10-14(16)11-8-13/h7-12,15,17H,2-6H2,1H3/b12-9+. The summed E-state index contributed by atoms with van der Waals surface area (Å²) < 4.78 is 0. The molecule has 0 fully saturated rings. The van der Waals surface area contributed by atoms with Crippen molar-refractivity contribution < 1.29 is 5.11 Å². The molecular weight excluding hydrogens is 232 g/mol. The highest BCUT2D eigenvalue weighted by molar-refractivity contribution is 6.30. The number of aliphatic hydroxyl groups excluding tert-OH is 1. The minimum atomic E-state index is -0.331. The Morgan fingerprint density at radius 3 is 2.53 bits per heavy atom. The highest BCUT2D eigenvalue weighted by Crippen LogP contribution is 2.12. The predicted molar refractivity (Wildman–Crippen MR) is 75.3 cm³/mol. The van der Waals surface area contributed by atoms with E-state index in [2.05, 4.69) is 6.92 Å². The van der Waals surface area contributed by atoms with Crippen LogP contribution in [0.4, 0.5) is 0 Å². The molecule has 0 radical (unpaired) electrons. The summed E-state index contributed by atoms with van der Waals surface area (Å²) in [6, 6.07) is 7.61. The molecule has 0 saturated carbocycles. The lowest BCUT2D eigenvalue weighted by Gasteiger charge is -2.04. The number of benzene rings is 1. The van der Waals surface area contributed by atoms with Gasteiger partial charge in [0.15, 0.2) is 0 Å². The molecule has 1 unspecified atom stereocenters. The van der Waals surface area contributed by atoms with Crippen molar-refractivity contribution in [3.05, 3.63) is 40.9 Å². The molecule has 0 aromatic heterocycles. The largest absolute Gasteiger partial charge is 0.389 e. The molecule has 0 aliphatic heterocycles. The van der Waals surface area contributed by atoms with Gasteiger partial charge in [-0.25, -0.2) is 0 Å². The Bertz CT molecular complexity index is 329. The van der Waals surface area contributed by atoms with Crippen molar-refractivity contribution in [3.63, 3.8) is 0 Å². The predicted octanol–water partition coefficient (Wildman–Crippen LogP) is 4.68. The van der Waals surface area contributed by atoms with E-state index in [-0.39, 0.29) is 6.10 Å². The van der Waals surface area contributed by atoms with Crippen molar-refractivity contribution in [2.75, 3.05) is 0 Å².